The number of amides is 2. The molecule has 242 valence electrons. The third-order valence-electron chi connectivity index (χ3n) is 7.81. The van der Waals surface area contributed by atoms with E-state index in [1.165, 1.54) is 18.2 Å². The number of benzene rings is 1. The Morgan fingerprint density at radius 1 is 1.09 bits per heavy atom. The predicted molar refractivity (Wildman–Crippen MR) is 154 cm³/mol. The second-order valence-corrected chi connectivity index (χ2v) is 12.2. The molecule has 0 radical (unpaired) electrons. The Balaban J connectivity index is 1.48. The number of aromatic nitrogens is 3. The standard InChI is InChI=1S/C30H34F4N6O5/c1-28(2,3)45-27(42)40-11-8-21-18(25(40)41)15-22(39(21)5)24-19(31)16-35-26(37-24)36-20-14-17(6-7-23(20)44-30(32,33)34)29(43)9-12-38(4)13-10-29/h6-7,14-16,43H,8-13H2,1-5H3,(H,35,36,37). The number of nitrogens with one attached hydrogen (secondary N) is 1. The second-order valence-electron chi connectivity index (χ2n) is 12.2. The van der Waals surface area contributed by atoms with E-state index in [4.69, 9.17) is 4.74 Å². The minimum Gasteiger partial charge on any atom is -0.443 e. The lowest BCUT2D eigenvalue weighted by Gasteiger charge is -2.37. The molecule has 11 nitrogen and oxygen atoms in total. The molecule has 2 amide bonds. The van der Waals surface area contributed by atoms with Gasteiger partial charge in [0.05, 0.1) is 28.7 Å². The number of alkyl halides is 3. The number of carbonyl (C=O) groups is 2. The van der Waals surface area contributed by atoms with E-state index in [0.717, 1.165) is 17.2 Å². The molecule has 2 N–H and O–H groups in total. The molecule has 4 heterocycles. The molecule has 5 rings (SSSR count). The minimum atomic E-state index is -5.01. The van der Waals surface area contributed by atoms with Crippen molar-refractivity contribution in [3.8, 4) is 17.1 Å². The van der Waals surface area contributed by atoms with Crippen LogP contribution >= 0.6 is 0 Å². The predicted octanol–water partition coefficient (Wildman–Crippen LogP) is 5.11. The number of hydrogen-bond acceptors (Lipinski definition) is 9. The van der Waals surface area contributed by atoms with E-state index in [-0.39, 0.29) is 41.6 Å². The zero-order valence-electron chi connectivity index (χ0n) is 25.5. The number of piperidine rings is 1. The number of anilines is 2. The first-order valence-corrected chi connectivity index (χ1v) is 14.3. The van der Waals surface area contributed by atoms with Gasteiger partial charge in [0.15, 0.2) is 11.6 Å². The lowest BCUT2D eigenvalue weighted by molar-refractivity contribution is -0.274. The van der Waals surface area contributed by atoms with Crippen LogP contribution < -0.4 is 10.1 Å². The van der Waals surface area contributed by atoms with E-state index in [1.54, 1.807) is 32.4 Å². The first kappa shape index (κ1) is 32.2. The SMILES string of the molecule is CN1CCC(O)(c2ccc(OC(F)(F)F)c(Nc3ncc(F)c(-c4cc5c(n4C)CCN(C(=O)OC(C)(C)C)C5=O)n3)c2)CC1. The van der Waals surface area contributed by atoms with Crippen molar-refractivity contribution in [3.63, 3.8) is 0 Å². The van der Waals surface area contributed by atoms with Crippen LogP contribution in [0.1, 0.15) is 55.2 Å². The number of fused-ring (bicyclic) bond motifs is 1. The molecule has 45 heavy (non-hydrogen) atoms. The number of halogens is 4. The molecule has 2 aliphatic heterocycles. The Hall–Kier alpha value is -4.24. The zero-order valence-corrected chi connectivity index (χ0v) is 25.5. The summed E-state index contributed by atoms with van der Waals surface area (Å²) < 4.78 is 66.1. The van der Waals surface area contributed by atoms with Gasteiger partial charge in [0.25, 0.3) is 5.91 Å². The van der Waals surface area contributed by atoms with Crippen LogP contribution in [-0.2, 0) is 23.8 Å². The van der Waals surface area contributed by atoms with Crippen LogP contribution in [0.2, 0.25) is 0 Å². The highest BCUT2D eigenvalue weighted by Crippen LogP contribution is 2.39. The number of rotatable bonds is 5. The molecule has 0 bridgehead atoms. The maximum Gasteiger partial charge on any atom is 0.573 e. The van der Waals surface area contributed by atoms with E-state index in [9.17, 15) is 27.9 Å². The summed E-state index contributed by atoms with van der Waals surface area (Å²) in [5, 5.41) is 14.0. The third kappa shape index (κ3) is 6.88. The molecule has 0 spiro atoms. The number of likely N-dealkylation sites (tertiary alicyclic amines) is 1. The highest BCUT2D eigenvalue weighted by molar-refractivity contribution is 6.05. The topological polar surface area (TPSA) is 122 Å². The Kier molecular flexibility index (Phi) is 8.29. The molecule has 1 fully saturated rings. The van der Waals surface area contributed by atoms with E-state index < -0.39 is 41.1 Å². The van der Waals surface area contributed by atoms with Crippen molar-refractivity contribution in [1.82, 2.24) is 24.3 Å². The summed E-state index contributed by atoms with van der Waals surface area (Å²) in [5.74, 6) is -2.32. The largest absolute Gasteiger partial charge is 0.573 e. The number of hydrogen-bond donors (Lipinski definition) is 2. The molecule has 2 aromatic heterocycles. The van der Waals surface area contributed by atoms with Crippen molar-refractivity contribution in [1.29, 1.82) is 0 Å². The highest BCUT2D eigenvalue weighted by atomic mass is 19.4. The minimum absolute atomic E-state index is 0.0536. The average molecular weight is 635 g/mol. The van der Waals surface area contributed by atoms with Gasteiger partial charge in [-0.3, -0.25) is 4.79 Å². The first-order chi connectivity index (χ1) is 20.9. The van der Waals surface area contributed by atoms with Crippen molar-refractivity contribution in [3.05, 3.63) is 53.1 Å². The average Bonchev–Trinajstić information content (AvgIpc) is 3.27. The molecule has 0 saturated carbocycles. The van der Waals surface area contributed by atoms with Gasteiger partial charge < -0.3 is 29.4 Å². The second kappa shape index (κ2) is 11.6. The van der Waals surface area contributed by atoms with Gasteiger partial charge >= 0.3 is 12.5 Å². The number of aliphatic hydroxyl groups is 1. The number of imide groups is 1. The molecule has 1 aromatic carbocycles. The fourth-order valence-electron chi connectivity index (χ4n) is 5.45. The Labute approximate surface area is 256 Å². The maximum atomic E-state index is 15.2. The van der Waals surface area contributed by atoms with Crippen LogP contribution in [0.25, 0.3) is 11.4 Å². The summed E-state index contributed by atoms with van der Waals surface area (Å²) >= 11 is 0. The van der Waals surface area contributed by atoms with Crippen molar-refractivity contribution >= 4 is 23.6 Å². The van der Waals surface area contributed by atoms with Gasteiger partial charge in [-0.2, -0.15) is 0 Å². The number of nitrogens with zero attached hydrogens (tertiary/aromatic N) is 5. The van der Waals surface area contributed by atoms with Crippen molar-refractivity contribution in [2.45, 2.75) is 57.6 Å². The molecule has 0 aliphatic carbocycles. The number of ether oxygens (including phenoxy) is 2. The Bertz CT molecular complexity index is 1630. The van der Waals surface area contributed by atoms with Crippen LogP contribution in [0.15, 0.2) is 30.5 Å². The molecule has 2 aliphatic rings. The van der Waals surface area contributed by atoms with Crippen molar-refractivity contribution in [2.24, 2.45) is 7.05 Å². The molecule has 15 heteroatoms. The fraction of sp³-hybridized carbons (Fsp3) is 0.467. The van der Waals surface area contributed by atoms with E-state index in [1.807, 2.05) is 11.9 Å². The summed E-state index contributed by atoms with van der Waals surface area (Å²) in [5.41, 5.74) is -1.26. The van der Waals surface area contributed by atoms with Gasteiger partial charge in [0.2, 0.25) is 5.95 Å². The van der Waals surface area contributed by atoms with Crippen molar-refractivity contribution < 1.29 is 41.7 Å². The van der Waals surface area contributed by atoms with Crippen LogP contribution in [0.4, 0.5) is 34.0 Å². The first-order valence-electron chi connectivity index (χ1n) is 14.3. The van der Waals surface area contributed by atoms with Gasteiger partial charge in [0, 0.05) is 38.8 Å². The molecule has 0 atom stereocenters. The molecule has 3 aromatic rings. The van der Waals surface area contributed by atoms with Crippen molar-refractivity contribution in [2.75, 3.05) is 32.0 Å². The summed E-state index contributed by atoms with van der Waals surface area (Å²) in [6.45, 7) is 6.27. The van der Waals surface area contributed by atoms with Crippen LogP contribution in [-0.4, -0.2) is 80.1 Å². The molecule has 1 saturated heterocycles. The summed E-state index contributed by atoms with van der Waals surface area (Å²) in [4.78, 5) is 37.0. The molecular weight excluding hydrogens is 600 g/mol. The number of carbonyl (C=O) groups excluding carboxylic acids is 2. The van der Waals surface area contributed by atoms with Gasteiger partial charge in [-0.15, -0.1) is 13.2 Å². The summed E-state index contributed by atoms with van der Waals surface area (Å²) in [6, 6.07) is 5.21. The summed E-state index contributed by atoms with van der Waals surface area (Å²) in [7, 11) is 3.52. The van der Waals surface area contributed by atoms with E-state index >= 15 is 4.39 Å². The lowest BCUT2D eigenvalue weighted by Crippen LogP contribution is -2.44. The lowest BCUT2D eigenvalue weighted by atomic mass is 9.84. The van der Waals surface area contributed by atoms with Gasteiger partial charge in [-0.05, 0) is 64.4 Å². The highest BCUT2D eigenvalue weighted by Gasteiger charge is 2.37. The smallest absolute Gasteiger partial charge is 0.443 e. The van der Waals surface area contributed by atoms with Gasteiger partial charge in [-0.1, -0.05) is 6.07 Å². The zero-order chi connectivity index (χ0) is 32.9. The van der Waals surface area contributed by atoms with Crippen LogP contribution in [0, 0.1) is 5.82 Å². The Morgan fingerprint density at radius 2 is 1.78 bits per heavy atom. The molecular formula is C30H34F4N6O5. The van der Waals surface area contributed by atoms with E-state index in [2.05, 4.69) is 20.0 Å². The van der Waals surface area contributed by atoms with Gasteiger partial charge in [-0.25, -0.2) is 24.1 Å². The maximum absolute atomic E-state index is 15.2. The quantitative estimate of drug-likeness (QED) is 0.369. The van der Waals surface area contributed by atoms with Gasteiger partial charge in [0.1, 0.15) is 11.3 Å². The molecule has 0 unspecified atom stereocenters. The fourth-order valence-corrected chi connectivity index (χ4v) is 5.45. The Morgan fingerprint density at radius 3 is 2.42 bits per heavy atom. The normalized spacial score (nSPS) is 17.2. The third-order valence-corrected chi connectivity index (χ3v) is 7.81. The summed E-state index contributed by atoms with van der Waals surface area (Å²) in [6.07, 6.45) is -3.96. The van der Waals surface area contributed by atoms with E-state index in [0.29, 0.717) is 37.2 Å². The monoisotopic (exact) mass is 634 g/mol. The van der Waals surface area contributed by atoms with Crippen LogP contribution in [0.3, 0.4) is 0 Å². The van der Waals surface area contributed by atoms with Crippen LogP contribution in [0.5, 0.6) is 5.75 Å².